The number of piperidine rings is 1. The third-order valence-electron chi connectivity index (χ3n) is 6.13. The van der Waals surface area contributed by atoms with Gasteiger partial charge in [0.1, 0.15) is 11.6 Å². The van der Waals surface area contributed by atoms with Crippen LogP contribution in [0.2, 0.25) is 0 Å². The summed E-state index contributed by atoms with van der Waals surface area (Å²) in [6.07, 6.45) is 5.75. The number of methoxy groups -OCH3 is 2. The average molecular weight is 448 g/mol. The maximum Gasteiger partial charge on any atom is 0.217 e. The van der Waals surface area contributed by atoms with Crippen LogP contribution in [0.3, 0.4) is 0 Å². The van der Waals surface area contributed by atoms with E-state index in [2.05, 4.69) is 16.0 Å². The monoisotopic (exact) mass is 447 g/mol. The second-order valence-electron chi connectivity index (χ2n) is 8.28. The Balaban J connectivity index is 1.38. The fourth-order valence-electron chi connectivity index (χ4n) is 4.52. The quantitative estimate of drug-likeness (QED) is 0.439. The maximum absolute atomic E-state index is 13.9. The molecule has 33 heavy (non-hydrogen) atoms. The predicted octanol–water partition coefficient (Wildman–Crippen LogP) is 4.33. The molecule has 0 spiro atoms. The molecule has 0 saturated carbocycles. The van der Waals surface area contributed by atoms with Crippen LogP contribution in [-0.4, -0.2) is 51.8 Å². The summed E-state index contributed by atoms with van der Waals surface area (Å²) in [6.45, 7) is 2.68. The molecule has 0 bridgehead atoms. The van der Waals surface area contributed by atoms with Gasteiger partial charge in [0.05, 0.1) is 14.2 Å². The lowest BCUT2D eigenvalue weighted by molar-refractivity contribution is 0.194. The molecule has 1 fully saturated rings. The van der Waals surface area contributed by atoms with E-state index in [0.29, 0.717) is 17.2 Å². The molecule has 1 saturated heterocycles. The molecule has 1 unspecified atom stereocenters. The molecular weight excluding hydrogens is 421 g/mol. The molecule has 1 aliphatic rings. The fraction of sp³-hybridized carbons (Fsp3) is 0.320. The highest BCUT2D eigenvalue weighted by atomic mass is 19.1. The molecule has 0 aliphatic carbocycles. The summed E-state index contributed by atoms with van der Waals surface area (Å²) in [4.78, 5) is 11.5. The van der Waals surface area contributed by atoms with Crippen molar-refractivity contribution in [2.24, 2.45) is 0 Å². The molecule has 7 nitrogen and oxygen atoms in total. The molecule has 4 heterocycles. The number of hydrogen-bond donors (Lipinski definition) is 0. The maximum atomic E-state index is 13.9. The van der Waals surface area contributed by atoms with Gasteiger partial charge in [-0.05, 0) is 55.8 Å². The first-order valence-corrected chi connectivity index (χ1v) is 11.0. The Morgan fingerprint density at radius 2 is 2.03 bits per heavy atom. The highest BCUT2D eigenvalue weighted by molar-refractivity contribution is 5.71. The largest absolute Gasteiger partial charge is 0.496 e. The lowest BCUT2D eigenvalue weighted by atomic mass is 9.97. The Labute approximate surface area is 191 Å². The van der Waals surface area contributed by atoms with E-state index in [1.165, 1.54) is 12.1 Å². The Morgan fingerprint density at radius 1 is 1.12 bits per heavy atom. The normalized spacial score (nSPS) is 16.8. The third-order valence-corrected chi connectivity index (χ3v) is 6.13. The number of nitrogens with zero attached hydrogens (tertiary/aromatic N) is 5. The van der Waals surface area contributed by atoms with Crippen molar-refractivity contribution in [2.45, 2.75) is 25.3 Å². The molecule has 0 N–H and O–H groups in total. The van der Waals surface area contributed by atoms with Gasteiger partial charge in [-0.3, -0.25) is 4.90 Å². The second-order valence-corrected chi connectivity index (χ2v) is 8.28. The van der Waals surface area contributed by atoms with E-state index in [1.807, 2.05) is 24.4 Å². The van der Waals surface area contributed by atoms with Gasteiger partial charge < -0.3 is 9.47 Å². The van der Waals surface area contributed by atoms with Gasteiger partial charge in [0, 0.05) is 48.1 Å². The number of likely N-dealkylation sites (tertiary alicyclic amines) is 1. The number of benzene rings is 1. The predicted molar refractivity (Wildman–Crippen MR) is 123 cm³/mol. The standard InChI is InChI=1S/C25H26FN5O2/c1-32-22-9-8-20(26)13-21(22)17-7-10-23-28-24(29-31(23)16-17)18-6-4-12-30(14-18)15-19-5-3-11-27-25(19)33-2/h3,5,7-11,13,16,18H,4,6,12,14-15H2,1-2H3. The summed E-state index contributed by atoms with van der Waals surface area (Å²) in [5.74, 6) is 2.06. The minimum absolute atomic E-state index is 0.244. The summed E-state index contributed by atoms with van der Waals surface area (Å²) in [7, 11) is 3.23. The molecular formula is C25H26FN5O2. The van der Waals surface area contributed by atoms with Crippen LogP contribution < -0.4 is 9.47 Å². The van der Waals surface area contributed by atoms with Gasteiger partial charge in [-0.2, -0.15) is 5.10 Å². The number of ether oxygens (including phenoxy) is 2. The number of fused-ring (bicyclic) bond motifs is 1. The van der Waals surface area contributed by atoms with E-state index < -0.39 is 0 Å². The summed E-state index contributed by atoms with van der Waals surface area (Å²) in [5.41, 5.74) is 3.36. The highest BCUT2D eigenvalue weighted by Crippen LogP contribution is 2.32. The first kappa shape index (κ1) is 21.3. The number of halogens is 1. The number of rotatable bonds is 6. The zero-order chi connectivity index (χ0) is 22.8. The molecule has 0 amide bonds. The average Bonchev–Trinajstić information content (AvgIpc) is 3.28. The molecule has 1 atom stereocenters. The van der Waals surface area contributed by atoms with Gasteiger partial charge in [0.25, 0.3) is 0 Å². The van der Waals surface area contributed by atoms with E-state index in [4.69, 9.17) is 19.6 Å². The first-order chi connectivity index (χ1) is 16.1. The summed E-state index contributed by atoms with van der Waals surface area (Å²) in [5, 5.41) is 4.78. The minimum Gasteiger partial charge on any atom is -0.496 e. The molecule has 3 aromatic heterocycles. The van der Waals surface area contributed by atoms with Crippen molar-refractivity contribution in [2.75, 3.05) is 27.3 Å². The fourth-order valence-corrected chi connectivity index (χ4v) is 4.52. The summed E-state index contributed by atoms with van der Waals surface area (Å²) in [6, 6.07) is 12.3. The smallest absolute Gasteiger partial charge is 0.217 e. The summed E-state index contributed by atoms with van der Waals surface area (Å²) < 4.78 is 26.5. The van der Waals surface area contributed by atoms with Crippen LogP contribution >= 0.6 is 0 Å². The molecule has 4 aromatic rings. The lowest BCUT2D eigenvalue weighted by Gasteiger charge is -2.31. The van der Waals surface area contributed by atoms with Crippen LogP contribution in [0.1, 0.15) is 30.1 Å². The van der Waals surface area contributed by atoms with Crippen molar-refractivity contribution in [3.63, 3.8) is 0 Å². The third kappa shape index (κ3) is 4.39. The number of hydrogen-bond acceptors (Lipinski definition) is 6. The van der Waals surface area contributed by atoms with Crippen LogP contribution in [0.4, 0.5) is 4.39 Å². The van der Waals surface area contributed by atoms with Gasteiger partial charge in [-0.15, -0.1) is 0 Å². The SMILES string of the molecule is COc1ccc(F)cc1-c1ccc2nc(C3CCCN(Cc4cccnc4OC)C3)nn2c1. The van der Waals surface area contributed by atoms with E-state index in [1.54, 1.807) is 31.0 Å². The number of aromatic nitrogens is 4. The second kappa shape index (κ2) is 9.15. The van der Waals surface area contributed by atoms with E-state index in [9.17, 15) is 4.39 Å². The molecule has 0 radical (unpaired) electrons. The zero-order valence-corrected chi connectivity index (χ0v) is 18.7. The van der Waals surface area contributed by atoms with Gasteiger partial charge in [-0.1, -0.05) is 6.07 Å². The van der Waals surface area contributed by atoms with Crippen molar-refractivity contribution in [3.05, 3.63) is 72.1 Å². The lowest BCUT2D eigenvalue weighted by Crippen LogP contribution is -2.34. The van der Waals surface area contributed by atoms with Crippen molar-refractivity contribution >= 4 is 5.65 Å². The Kier molecular flexibility index (Phi) is 5.92. The van der Waals surface area contributed by atoms with Crippen molar-refractivity contribution < 1.29 is 13.9 Å². The van der Waals surface area contributed by atoms with Crippen LogP contribution in [0, 0.1) is 5.82 Å². The zero-order valence-electron chi connectivity index (χ0n) is 18.7. The van der Waals surface area contributed by atoms with Gasteiger partial charge in [0.15, 0.2) is 11.5 Å². The van der Waals surface area contributed by atoms with Crippen molar-refractivity contribution in [3.8, 4) is 22.8 Å². The molecule has 1 aromatic carbocycles. The van der Waals surface area contributed by atoms with Crippen molar-refractivity contribution in [1.82, 2.24) is 24.5 Å². The molecule has 5 rings (SSSR count). The van der Waals surface area contributed by atoms with Crippen LogP contribution in [0.5, 0.6) is 11.6 Å². The first-order valence-electron chi connectivity index (χ1n) is 11.0. The van der Waals surface area contributed by atoms with Crippen LogP contribution in [-0.2, 0) is 6.54 Å². The molecule has 1 aliphatic heterocycles. The van der Waals surface area contributed by atoms with Gasteiger partial charge in [-0.25, -0.2) is 18.9 Å². The van der Waals surface area contributed by atoms with Crippen molar-refractivity contribution in [1.29, 1.82) is 0 Å². The highest BCUT2D eigenvalue weighted by Gasteiger charge is 2.25. The van der Waals surface area contributed by atoms with Crippen LogP contribution in [0.25, 0.3) is 16.8 Å². The van der Waals surface area contributed by atoms with E-state index in [0.717, 1.165) is 55.1 Å². The minimum atomic E-state index is -0.308. The van der Waals surface area contributed by atoms with Gasteiger partial charge >= 0.3 is 0 Å². The Hall–Kier alpha value is -3.52. The number of pyridine rings is 2. The topological polar surface area (TPSA) is 64.8 Å². The van der Waals surface area contributed by atoms with Gasteiger partial charge in [0.2, 0.25) is 5.88 Å². The Bertz CT molecular complexity index is 1270. The Morgan fingerprint density at radius 3 is 2.88 bits per heavy atom. The molecule has 8 heteroatoms. The molecule has 170 valence electrons. The summed E-state index contributed by atoms with van der Waals surface area (Å²) >= 11 is 0. The van der Waals surface area contributed by atoms with E-state index in [-0.39, 0.29) is 11.7 Å². The van der Waals surface area contributed by atoms with Crippen LogP contribution in [0.15, 0.2) is 54.9 Å². The van der Waals surface area contributed by atoms with E-state index >= 15 is 0 Å².